The summed E-state index contributed by atoms with van der Waals surface area (Å²) in [6.07, 6.45) is -6.34. The Bertz CT molecular complexity index is 1430. The highest BCUT2D eigenvalue weighted by atomic mass is 32.2. The first-order valence-corrected chi connectivity index (χ1v) is 14.6. The van der Waals surface area contributed by atoms with Crippen molar-refractivity contribution in [1.82, 2.24) is 4.31 Å². The van der Waals surface area contributed by atoms with Crippen LogP contribution in [-0.4, -0.2) is 71.4 Å². The molecule has 3 rings (SSSR count). The predicted octanol–water partition coefficient (Wildman–Crippen LogP) is 3.49. The molecule has 0 radical (unpaired) electrons. The molecule has 2 aromatic carbocycles. The minimum atomic E-state index is -4.80. The number of ether oxygens (including phenoxy) is 2. The molecule has 1 aliphatic rings. The van der Waals surface area contributed by atoms with E-state index in [1.165, 1.54) is 32.3 Å². The van der Waals surface area contributed by atoms with Crippen LogP contribution in [0.1, 0.15) is 25.8 Å². The quantitative estimate of drug-likeness (QED) is 0.322. The van der Waals surface area contributed by atoms with Crippen LogP contribution in [0, 0.1) is 5.82 Å². The largest absolute Gasteiger partial charge is 0.486 e. The normalized spacial score (nSPS) is 16.5. The number of alkyl halides is 3. The Morgan fingerprint density at radius 1 is 1.08 bits per heavy atom. The standard InChI is InChI=1S/C24H28F4N2O7S2/c1-23(2,24(26,27)28)37-22(31)14-16-5-10-21-20(13-16)30(39(34,35)19-8-6-17(25)7-9-19)15-18(36-21)11-12-38(32,33)29(3)4/h5-10,13,18H,11-12,14-15H2,1-4H3/t18-/m0/s1. The van der Waals surface area contributed by atoms with Crippen molar-refractivity contribution in [2.75, 3.05) is 30.7 Å². The molecule has 0 saturated carbocycles. The fourth-order valence-corrected chi connectivity index (χ4v) is 6.01. The Morgan fingerprint density at radius 3 is 2.26 bits per heavy atom. The number of hydrogen-bond acceptors (Lipinski definition) is 7. The van der Waals surface area contributed by atoms with E-state index in [9.17, 15) is 39.2 Å². The van der Waals surface area contributed by atoms with Gasteiger partial charge in [-0.05, 0) is 55.8 Å². The smallest absolute Gasteiger partial charge is 0.427 e. The summed E-state index contributed by atoms with van der Waals surface area (Å²) in [4.78, 5) is 12.0. The van der Waals surface area contributed by atoms with Gasteiger partial charge in [-0.25, -0.2) is 25.5 Å². The maximum absolute atomic E-state index is 13.6. The second-order valence-corrected chi connectivity index (χ2v) is 13.7. The van der Waals surface area contributed by atoms with Gasteiger partial charge in [-0.1, -0.05) is 6.07 Å². The third-order valence-corrected chi connectivity index (χ3v) is 9.67. The molecule has 0 amide bonds. The first-order valence-electron chi connectivity index (χ1n) is 11.6. The Morgan fingerprint density at radius 2 is 1.69 bits per heavy atom. The molecule has 39 heavy (non-hydrogen) atoms. The monoisotopic (exact) mass is 596 g/mol. The van der Waals surface area contributed by atoms with Crippen LogP contribution in [0.15, 0.2) is 47.4 Å². The lowest BCUT2D eigenvalue weighted by Crippen LogP contribution is -2.44. The molecule has 2 aromatic rings. The SMILES string of the molecule is CN(C)S(=O)(=O)CC[C@H]1CN(S(=O)(=O)c2ccc(F)cc2)c2cc(CC(=O)OC(C)(C)C(F)(F)F)ccc2O1. The zero-order valence-corrected chi connectivity index (χ0v) is 23.2. The fourth-order valence-electron chi connectivity index (χ4n) is 3.59. The zero-order chi connectivity index (χ0) is 29.4. The molecule has 0 bridgehead atoms. The summed E-state index contributed by atoms with van der Waals surface area (Å²) in [5, 5.41) is 0. The second-order valence-electron chi connectivity index (χ2n) is 9.58. The van der Waals surface area contributed by atoms with Gasteiger partial charge in [0.25, 0.3) is 10.0 Å². The van der Waals surface area contributed by atoms with Crippen molar-refractivity contribution in [3.63, 3.8) is 0 Å². The highest BCUT2D eigenvalue weighted by molar-refractivity contribution is 7.92. The lowest BCUT2D eigenvalue weighted by molar-refractivity contribution is -0.257. The van der Waals surface area contributed by atoms with Crippen LogP contribution in [0.5, 0.6) is 5.75 Å². The number of halogens is 4. The van der Waals surface area contributed by atoms with Gasteiger partial charge in [0.15, 0.2) is 0 Å². The molecule has 0 saturated heterocycles. The van der Waals surface area contributed by atoms with Crippen molar-refractivity contribution in [3.05, 3.63) is 53.8 Å². The van der Waals surface area contributed by atoms with Gasteiger partial charge in [-0.2, -0.15) is 13.2 Å². The predicted molar refractivity (Wildman–Crippen MR) is 134 cm³/mol. The Balaban J connectivity index is 1.96. The van der Waals surface area contributed by atoms with E-state index in [0.29, 0.717) is 13.8 Å². The number of esters is 1. The number of carbonyl (C=O) groups is 1. The van der Waals surface area contributed by atoms with E-state index in [1.807, 2.05) is 0 Å². The third-order valence-electron chi connectivity index (χ3n) is 6.01. The molecule has 0 spiro atoms. The Hall–Kier alpha value is -2.91. The van der Waals surface area contributed by atoms with Crippen molar-refractivity contribution < 1.29 is 48.7 Å². The van der Waals surface area contributed by atoms with E-state index < -0.39 is 56.1 Å². The van der Waals surface area contributed by atoms with Crippen molar-refractivity contribution in [2.45, 2.75) is 49.5 Å². The molecular weight excluding hydrogens is 568 g/mol. The van der Waals surface area contributed by atoms with Crippen molar-refractivity contribution in [2.24, 2.45) is 0 Å². The third kappa shape index (κ3) is 7.00. The molecular formula is C24H28F4N2O7S2. The number of carbonyl (C=O) groups excluding carboxylic acids is 1. The molecule has 0 aliphatic carbocycles. The van der Waals surface area contributed by atoms with Crippen LogP contribution >= 0.6 is 0 Å². The number of rotatable bonds is 9. The number of fused-ring (bicyclic) bond motifs is 1. The summed E-state index contributed by atoms with van der Waals surface area (Å²) < 4.78 is 117. The maximum atomic E-state index is 13.6. The van der Waals surface area contributed by atoms with E-state index in [0.717, 1.165) is 32.9 Å². The average Bonchev–Trinajstić information content (AvgIpc) is 2.81. The van der Waals surface area contributed by atoms with Gasteiger partial charge >= 0.3 is 12.1 Å². The van der Waals surface area contributed by atoms with Gasteiger partial charge in [-0.15, -0.1) is 0 Å². The summed E-state index contributed by atoms with van der Waals surface area (Å²) in [5.74, 6) is -2.13. The fraction of sp³-hybridized carbons (Fsp3) is 0.458. The number of nitrogens with zero attached hydrogens (tertiary/aromatic N) is 2. The molecule has 1 heterocycles. The first-order chi connectivity index (χ1) is 17.8. The molecule has 15 heteroatoms. The molecule has 0 N–H and O–H groups in total. The number of sulfonamides is 2. The van der Waals surface area contributed by atoms with Gasteiger partial charge in [0.05, 0.1) is 29.3 Å². The minimum absolute atomic E-state index is 0.0218. The number of hydrogen-bond donors (Lipinski definition) is 0. The van der Waals surface area contributed by atoms with Crippen LogP contribution in [0.2, 0.25) is 0 Å². The Labute approximate surface area is 224 Å². The number of benzene rings is 2. The van der Waals surface area contributed by atoms with Gasteiger partial charge in [0.1, 0.15) is 17.7 Å². The highest BCUT2D eigenvalue weighted by Crippen LogP contribution is 2.39. The number of anilines is 1. The van der Waals surface area contributed by atoms with Gasteiger partial charge in [-0.3, -0.25) is 9.10 Å². The second kappa shape index (κ2) is 10.9. The van der Waals surface area contributed by atoms with Gasteiger partial charge in [0.2, 0.25) is 15.6 Å². The zero-order valence-electron chi connectivity index (χ0n) is 21.5. The molecule has 1 aliphatic heterocycles. The minimum Gasteiger partial charge on any atom is -0.486 e. The lowest BCUT2D eigenvalue weighted by Gasteiger charge is -2.36. The van der Waals surface area contributed by atoms with Crippen LogP contribution in [0.3, 0.4) is 0 Å². The molecule has 0 aromatic heterocycles. The molecule has 9 nitrogen and oxygen atoms in total. The van der Waals surface area contributed by atoms with Crippen molar-refractivity contribution in [1.29, 1.82) is 0 Å². The van der Waals surface area contributed by atoms with Crippen LogP contribution < -0.4 is 9.04 Å². The maximum Gasteiger partial charge on any atom is 0.427 e. The van der Waals surface area contributed by atoms with Crippen LogP contribution in [0.4, 0.5) is 23.2 Å². The highest BCUT2D eigenvalue weighted by Gasteiger charge is 2.50. The van der Waals surface area contributed by atoms with Gasteiger partial charge < -0.3 is 9.47 Å². The van der Waals surface area contributed by atoms with E-state index in [2.05, 4.69) is 4.74 Å². The summed E-state index contributed by atoms with van der Waals surface area (Å²) >= 11 is 0. The molecule has 0 fully saturated rings. The van der Waals surface area contributed by atoms with Crippen LogP contribution in [-0.2, 0) is 36.0 Å². The van der Waals surface area contributed by atoms with Crippen molar-refractivity contribution >= 4 is 31.7 Å². The molecule has 216 valence electrons. The lowest BCUT2D eigenvalue weighted by atomic mass is 10.1. The summed E-state index contributed by atoms with van der Waals surface area (Å²) in [6.45, 7) is 1.10. The average molecular weight is 597 g/mol. The van der Waals surface area contributed by atoms with E-state index in [-0.39, 0.29) is 40.6 Å². The molecule has 1 atom stereocenters. The van der Waals surface area contributed by atoms with Crippen LogP contribution in [0.25, 0.3) is 0 Å². The Kier molecular flexibility index (Phi) is 8.58. The topological polar surface area (TPSA) is 110 Å². The van der Waals surface area contributed by atoms with Gasteiger partial charge in [0, 0.05) is 20.5 Å². The summed E-state index contributed by atoms with van der Waals surface area (Å²) in [7, 11) is -5.22. The van der Waals surface area contributed by atoms with E-state index >= 15 is 0 Å². The van der Waals surface area contributed by atoms with Crippen molar-refractivity contribution in [3.8, 4) is 5.75 Å². The summed E-state index contributed by atoms with van der Waals surface area (Å²) in [5.41, 5.74) is -2.61. The van der Waals surface area contributed by atoms with E-state index in [1.54, 1.807) is 0 Å². The molecule has 0 unspecified atom stereocenters. The van der Waals surface area contributed by atoms with E-state index in [4.69, 9.17) is 4.74 Å². The first kappa shape index (κ1) is 30.6. The summed E-state index contributed by atoms with van der Waals surface area (Å²) in [6, 6.07) is 8.02.